The molecule has 25 heavy (non-hydrogen) atoms. The van der Waals surface area contributed by atoms with Crippen LogP contribution in [0.25, 0.3) is 21.8 Å². The quantitative estimate of drug-likeness (QED) is 0.470. The van der Waals surface area contributed by atoms with Crippen molar-refractivity contribution in [2.24, 2.45) is 0 Å². The normalized spacial score (nSPS) is 12.0. The molecule has 1 heterocycles. The standard InChI is InChI=1S/C18H12F3N3O/c19-18(20,21)11-5-7-15-16(8-11)24-17(23-15)22-14-3-1-2-10-4-6-12(25)9-13(10)14/h1-9,25H,(H2,22,23,24). The summed E-state index contributed by atoms with van der Waals surface area (Å²) in [6, 6.07) is 13.9. The van der Waals surface area contributed by atoms with E-state index >= 15 is 0 Å². The van der Waals surface area contributed by atoms with Gasteiger partial charge in [0.15, 0.2) is 0 Å². The maximum Gasteiger partial charge on any atom is 0.416 e. The van der Waals surface area contributed by atoms with E-state index in [9.17, 15) is 18.3 Å². The number of rotatable bonds is 2. The average Bonchev–Trinajstić information content (AvgIpc) is 2.96. The lowest BCUT2D eigenvalue weighted by molar-refractivity contribution is -0.137. The first-order valence-corrected chi connectivity index (χ1v) is 7.46. The first kappa shape index (κ1) is 15.3. The number of hydrogen-bond acceptors (Lipinski definition) is 3. The van der Waals surface area contributed by atoms with Gasteiger partial charge in [-0.2, -0.15) is 13.2 Å². The molecule has 0 bridgehead atoms. The van der Waals surface area contributed by atoms with Crippen molar-refractivity contribution in [2.45, 2.75) is 6.18 Å². The van der Waals surface area contributed by atoms with Gasteiger partial charge < -0.3 is 15.4 Å². The number of fused-ring (bicyclic) bond motifs is 2. The number of phenolic OH excluding ortho intramolecular Hbond substituents is 1. The zero-order chi connectivity index (χ0) is 17.6. The zero-order valence-electron chi connectivity index (χ0n) is 12.7. The lowest BCUT2D eigenvalue weighted by Crippen LogP contribution is -2.04. The van der Waals surface area contributed by atoms with Crippen LogP contribution < -0.4 is 5.32 Å². The molecule has 1 aromatic heterocycles. The molecular weight excluding hydrogens is 331 g/mol. The zero-order valence-corrected chi connectivity index (χ0v) is 12.7. The van der Waals surface area contributed by atoms with Crippen molar-refractivity contribution in [1.82, 2.24) is 9.97 Å². The fraction of sp³-hybridized carbons (Fsp3) is 0.0556. The second kappa shape index (κ2) is 5.41. The number of alkyl halides is 3. The molecule has 3 aromatic carbocycles. The van der Waals surface area contributed by atoms with Crippen LogP contribution in [0.4, 0.5) is 24.8 Å². The van der Waals surface area contributed by atoms with Crippen molar-refractivity contribution < 1.29 is 18.3 Å². The highest BCUT2D eigenvalue weighted by molar-refractivity contribution is 5.96. The lowest BCUT2D eigenvalue weighted by Gasteiger charge is -2.07. The van der Waals surface area contributed by atoms with E-state index in [0.717, 1.165) is 22.9 Å². The van der Waals surface area contributed by atoms with Gasteiger partial charge in [-0.3, -0.25) is 0 Å². The number of anilines is 2. The van der Waals surface area contributed by atoms with Crippen LogP contribution in [-0.2, 0) is 6.18 Å². The summed E-state index contributed by atoms with van der Waals surface area (Å²) in [5.74, 6) is 0.450. The fourth-order valence-corrected chi connectivity index (χ4v) is 2.74. The summed E-state index contributed by atoms with van der Waals surface area (Å²) in [6.07, 6.45) is -4.40. The van der Waals surface area contributed by atoms with Crippen molar-refractivity contribution in [1.29, 1.82) is 0 Å². The van der Waals surface area contributed by atoms with Gasteiger partial charge in [-0.05, 0) is 41.8 Å². The Morgan fingerprint density at radius 3 is 2.64 bits per heavy atom. The van der Waals surface area contributed by atoms with E-state index in [1.165, 1.54) is 6.07 Å². The number of imidazole rings is 1. The van der Waals surface area contributed by atoms with Gasteiger partial charge in [0.1, 0.15) is 5.75 Å². The molecular formula is C18H12F3N3O. The maximum atomic E-state index is 12.8. The smallest absolute Gasteiger partial charge is 0.416 e. The summed E-state index contributed by atoms with van der Waals surface area (Å²) in [7, 11) is 0. The Kier molecular flexibility index (Phi) is 3.31. The summed E-state index contributed by atoms with van der Waals surface area (Å²) in [5, 5.41) is 14.4. The molecule has 4 aromatic rings. The third-order valence-corrected chi connectivity index (χ3v) is 3.93. The van der Waals surface area contributed by atoms with Crippen LogP contribution >= 0.6 is 0 Å². The van der Waals surface area contributed by atoms with Gasteiger partial charge in [-0.15, -0.1) is 0 Å². The van der Waals surface area contributed by atoms with E-state index in [1.807, 2.05) is 12.1 Å². The topological polar surface area (TPSA) is 60.9 Å². The third-order valence-electron chi connectivity index (χ3n) is 3.93. The van der Waals surface area contributed by atoms with Gasteiger partial charge in [-0.25, -0.2) is 4.98 Å². The number of benzene rings is 3. The number of aromatic nitrogens is 2. The second-order valence-corrected chi connectivity index (χ2v) is 5.65. The minimum atomic E-state index is -4.40. The van der Waals surface area contributed by atoms with Crippen LogP contribution in [0.15, 0.2) is 54.6 Å². The Hall–Kier alpha value is -3.22. The molecule has 0 aliphatic rings. The summed E-state index contributed by atoms with van der Waals surface area (Å²) in [5.41, 5.74) is 0.674. The van der Waals surface area contributed by atoms with E-state index in [1.54, 1.807) is 24.3 Å². The molecule has 7 heteroatoms. The monoisotopic (exact) mass is 343 g/mol. The highest BCUT2D eigenvalue weighted by Crippen LogP contribution is 2.32. The molecule has 126 valence electrons. The predicted molar refractivity (Wildman–Crippen MR) is 90.0 cm³/mol. The van der Waals surface area contributed by atoms with Crippen LogP contribution in [-0.4, -0.2) is 15.1 Å². The molecule has 4 rings (SSSR count). The molecule has 0 saturated heterocycles. The molecule has 0 radical (unpaired) electrons. The van der Waals surface area contributed by atoms with Gasteiger partial charge >= 0.3 is 6.18 Å². The molecule has 0 amide bonds. The van der Waals surface area contributed by atoms with E-state index in [2.05, 4.69) is 15.3 Å². The first-order chi connectivity index (χ1) is 11.9. The Morgan fingerprint density at radius 1 is 1.00 bits per heavy atom. The number of phenols is 1. The van der Waals surface area contributed by atoms with E-state index in [-0.39, 0.29) is 5.75 Å². The van der Waals surface area contributed by atoms with Crippen LogP contribution in [0.3, 0.4) is 0 Å². The molecule has 3 N–H and O–H groups in total. The van der Waals surface area contributed by atoms with Crippen molar-refractivity contribution in [2.75, 3.05) is 5.32 Å². The predicted octanol–water partition coefficient (Wildman–Crippen LogP) is 5.18. The van der Waals surface area contributed by atoms with E-state index < -0.39 is 11.7 Å². The molecule has 0 fully saturated rings. The average molecular weight is 343 g/mol. The van der Waals surface area contributed by atoms with E-state index in [4.69, 9.17) is 0 Å². The molecule has 0 spiro atoms. The third kappa shape index (κ3) is 2.84. The van der Waals surface area contributed by atoms with Crippen LogP contribution in [0.1, 0.15) is 5.56 Å². The van der Waals surface area contributed by atoms with Gasteiger partial charge in [0.25, 0.3) is 0 Å². The molecule has 0 aliphatic heterocycles. The van der Waals surface area contributed by atoms with Crippen LogP contribution in [0.2, 0.25) is 0 Å². The van der Waals surface area contributed by atoms with Crippen molar-refractivity contribution in [3.63, 3.8) is 0 Å². The Balaban J connectivity index is 1.75. The first-order valence-electron chi connectivity index (χ1n) is 7.46. The molecule has 0 saturated carbocycles. The number of aromatic hydroxyl groups is 1. The number of nitrogens with one attached hydrogen (secondary N) is 2. The molecule has 0 unspecified atom stereocenters. The number of aromatic amines is 1. The minimum absolute atomic E-state index is 0.126. The molecule has 0 aliphatic carbocycles. The van der Waals surface area contributed by atoms with Crippen molar-refractivity contribution in [3.05, 3.63) is 60.2 Å². The van der Waals surface area contributed by atoms with Crippen LogP contribution in [0, 0.1) is 0 Å². The van der Waals surface area contributed by atoms with Gasteiger partial charge in [0, 0.05) is 11.1 Å². The summed E-state index contributed by atoms with van der Waals surface area (Å²) >= 11 is 0. The second-order valence-electron chi connectivity index (χ2n) is 5.65. The van der Waals surface area contributed by atoms with Gasteiger partial charge in [0.2, 0.25) is 5.95 Å². The number of hydrogen-bond donors (Lipinski definition) is 3. The number of H-pyrrole nitrogens is 1. The molecule has 0 atom stereocenters. The van der Waals surface area contributed by atoms with Crippen LogP contribution in [0.5, 0.6) is 5.75 Å². The Labute approximate surface area is 139 Å². The summed E-state index contributed by atoms with van der Waals surface area (Å²) in [4.78, 5) is 7.12. The fourth-order valence-electron chi connectivity index (χ4n) is 2.74. The maximum absolute atomic E-state index is 12.8. The Bertz CT molecular complexity index is 1090. The highest BCUT2D eigenvalue weighted by atomic mass is 19.4. The van der Waals surface area contributed by atoms with Gasteiger partial charge in [0.05, 0.1) is 16.6 Å². The number of nitrogens with zero attached hydrogens (tertiary/aromatic N) is 1. The SMILES string of the molecule is Oc1ccc2cccc(Nc3nc4ccc(C(F)(F)F)cc4[nH]3)c2c1. The lowest BCUT2D eigenvalue weighted by atomic mass is 10.1. The summed E-state index contributed by atoms with van der Waals surface area (Å²) < 4.78 is 38.4. The summed E-state index contributed by atoms with van der Waals surface area (Å²) in [6.45, 7) is 0. The highest BCUT2D eigenvalue weighted by Gasteiger charge is 2.30. The van der Waals surface area contributed by atoms with Gasteiger partial charge in [-0.1, -0.05) is 18.2 Å². The van der Waals surface area contributed by atoms with Crippen molar-refractivity contribution in [3.8, 4) is 5.75 Å². The Morgan fingerprint density at radius 2 is 1.84 bits per heavy atom. The minimum Gasteiger partial charge on any atom is -0.508 e. The molecule has 4 nitrogen and oxygen atoms in total. The van der Waals surface area contributed by atoms with E-state index in [0.29, 0.717) is 22.7 Å². The largest absolute Gasteiger partial charge is 0.508 e. The van der Waals surface area contributed by atoms with Crippen molar-refractivity contribution >= 4 is 33.4 Å². The number of halogens is 3.